The predicted molar refractivity (Wildman–Crippen MR) is 84.8 cm³/mol. The Labute approximate surface area is 132 Å². The molecule has 1 amide bonds. The Bertz CT molecular complexity index is 627. The first-order valence-corrected chi connectivity index (χ1v) is 9.03. The third-order valence-electron chi connectivity index (χ3n) is 3.28. The molecule has 1 aliphatic heterocycles. The topological polar surface area (TPSA) is 98.5 Å². The lowest BCUT2D eigenvalue weighted by atomic mass is 10.2. The molecule has 0 radical (unpaired) electrons. The van der Waals surface area contributed by atoms with E-state index in [1.165, 1.54) is 0 Å². The van der Waals surface area contributed by atoms with Crippen molar-refractivity contribution in [2.24, 2.45) is 0 Å². The van der Waals surface area contributed by atoms with Crippen LogP contribution < -0.4 is 11.1 Å². The van der Waals surface area contributed by atoms with E-state index in [1.54, 1.807) is 18.2 Å². The molecular weight excluding hydrogens is 360 g/mol. The minimum Gasteiger partial charge on any atom is -0.399 e. The Kier molecular flexibility index (Phi) is 5.23. The first-order valence-electron chi connectivity index (χ1n) is 6.52. The van der Waals surface area contributed by atoms with E-state index < -0.39 is 26.7 Å². The number of nitrogen functional groups attached to an aromatic ring is 1. The molecule has 1 aromatic carbocycles. The lowest BCUT2D eigenvalue weighted by molar-refractivity contribution is -0.113. The average molecular weight is 377 g/mol. The standard InChI is InChI=1S/C13H17BrN2O4S/c14-11-7-9(15)1-2-12(11)16-13(17)8-21(18,19)10-3-5-20-6-4-10/h1-2,7,10H,3-6,8,15H2,(H,16,17). The van der Waals surface area contributed by atoms with Gasteiger partial charge in [0.05, 0.1) is 10.9 Å². The van der Waals surface area contributed by atoms with Gasteiger partial charge in [0.15, 0.2) is 9.84 Å². The van der Waals surface area contributed by atoms with E-state index in [1.807, 2.05) is 0 Å². The summed E-state index contributed by atoms with van der Waals surface area (Å²) in [5, 5.41) is 2.09. The summed E-state index contributed by atoms with van der Waals surface area (Å²) in [6, 6.07) is 4.90. The van der Waals surface area contributed by atoms with E-state index in [2.05, 4.69) is 21.2 Å². The molecule has 1 aromatic rings. The van der Waals surface area contributed by atoms with Gasteiger partial charge >= 0.3 is 0 Å². The van der Waals surface area contributed by atoms with Crippen molar-refractivity contribution in [1.82, 2.24) is 0 Å². The van der Waals surface area contributed by atoms with Crippen LogP contribution in [0.4, 0.5) is 11.4 Å². The average Bonchev–Trinajstić information content (AvgIpc) is 2.42. The number of hydrogen-bond donors (Lipinski definition) is 2. The number of anilines is 2. The van der Waals surface area contributed by atoms with Gasteiger partial charge in [0.2, 0.25) is 5.91 Å². The van der Waals surface area contributed by atoms with Crippen LogP contribution in [0.15, 0.2) is 22.7 Å². The van der Waals surface area contributed by atoms with Crippen molar-refractivity contribution < 1.29 is 17.9 Å². The minimum absolute atomic E-state index is 0.426. The summed E-state index contributed by atoms with van der Waals surface area (Å²) in [5.74, 6) is -1.07. The maximum Gasteiger partial charge on any atom is 0.239 e. The first kappa shape index (κ1) is 16.3. The first-order chi connectivity index (χ1) is 9.88. The van der Waals surface area contributed by atoms with Crippen molar-refractivity contribution in [3.63, 3.8) is 0 Å². The van der Waals surface area contributed by atoms with E-state index in [0.717, 1.165) is 0 Å². The minimum atomic E-state index is -3.46. The van der Waals surface area contributed by atoms with Crippen LogP contribution >= 0.6 is 15.9 Å². The van der Waals surface area contributed by atoms with Gasteiger partial charge in [-0.25, -0.2) is 8.42 Å². The van der Waals surface area contributed by atoms with Crippen LogP contribution in [0.1, 0.15) is 12.8 Å². The highest BCUT2D eigenvalue weighted by molar-refractivity contribution is 9.10. The molecule has 6 nitrogen and oxygen atoms in total. The normalized spacial score (nSPS) is 16.6. The summed E-state index contributed by atoms with van der Waals surface area (Å²) in [6.07, 6.45) is 0.891. The SMILES string of the molecule is Nc1ccc(NC(=O)CS(=O)(=O)C2CCOCC2)c(Br)c1. The number of carbonyl (C=O) groups is 1. The lowest BCUT2D eigenvalue weighted by Crippen LogP contribution is -2.34. The highest BCUT2D eigenvalue weighted by atomic mass is 79.9. The van der Waals surface area contributed by atoms with E-state index in [4.69, 9.17) is 10.5 Å². The molecule has 2 rings (SSSR count). The molecule has 1 aliphatic rings. The molecule has 8 heteroatoms. The van der Waals surface area contributed by atoms with E-state index in [-0.39, 0.29) is 0 Å². The smallest absolute Gasteiger partial charge is 0.239 e. The molecular formula is C13H17BrN2O4S. The number of hydrogen-bond acceptors (Lipinski definition) is 5. The molecule has 21 heavy (non-hydrogen) atoms. The van der Waals surface area contributed by atoms with E-state index in [0.29, 0.717) is 41.9 Å². The maximum atomic E-state index is 12.2. The number of rotatable bonds is 4. The highest BCUT2D eigenvalue weighted by Gasteiger charge is 2.29. The fourth-order valence-electron chi connectivity index (χ4n) is 2.15. The molecule has 1 fully saturated rings. The molecule has 0 spiro atoms. The second-order valence-corrected chi connectivity index (χ2v) is 8.04. The van der Waals surface area contributed by atoms with Crippen molar-refractivity contribution >= 4 is 43.0 Å². The van der Waals surface area contributed by atoms with Crippen molar-refractivity contribution in [2.75, 3.05) is 30.0 Å². The van der Waals surface area contributed by atoms with Crippen LogP contribution in [-0.2, 0) is 19.4 Å². The van der Waals surface area contributed by atoms with Gasteiger partial charge in [-0.1, -0.05) is 0 Å². The molecule has 116 valence electrons. The quantitative estimate of drug-likeness (QED) is 0.776. The molecule has 0 saturated carbocycles. The summed E-state index contributed by atoms with van der Waals surface area (Å²) >= 11 is 3.27. The molecule has 0 atom stereocenters. The van der Waals surface area contributed by atoms with Crippen molar-refractivity contribution in [2.45, 2.75) is 18.1 Å². The van der Waals surface area contributed by atoms with Gasteiger partial charge < -0.3 is 15.8 Å². The summed E-state index contributed by atoms with van der Waals surface area (Å²) in [7, 11) is -3.46. The summed E-state index contributed by atoms with van der Waals surface area (Å²) in [4.78, 5) is 11.9. The number of ether oxygens (including phenoxy) is 1. The van der Waals surface area contributed by atoms with Gasteiger partial charge in [0.1, 0.15) is 5.75 Å². The third-order valence-corrected chi connectivity index (χ3v) is 6.08. The third kappa shape index (κ3) is 4.42. The number of benzene rings is 1. The largest absolute Gasteiger partial charge is 0.399 e. The lowest BCUT2D eigenvalue weighted by Gasteiger charge is -2.21. The number of nitrogens with two attached hydrogens (primary N) is 1. The predicted octanol–water partition coefficient (Wildman–Crippen LogP) is 1.56. The van der Waals surface area contributed by atoms with Crippen LogP contribution in [0, 0.1) is 0 Å². The van der Waals surface area contributed by atoms with Crippen LogP contribution in [0.2, 0.25) is 0 Å². The number of amides is 1. The zero-order chi connectivity index (χ0) is 15.5. The monoisotopic (exact) mass is 376 g/mol. The van der Waals surface area contributed by atoms with Gasteiger partial charge in [0.25, 0.3) is 0 Å². The van der Waals surface area contributed by atoms with Crippen LogP contribution in [0.25, 0.3) is 0 Å². The van der Waals surface area contributed by atoms with Crippen LogP contribution in [0.3, 0.4) is 0 Å². The highest BCUT2D eigenvalue weighted by Crippen LogP contribution is 2.25. The van der Waals surface area contributed by atoms with Crippen molar-refractivity contribution in [3.8, 4) is 0 Å². The maximum absolute atomic E-state index is 12.2. The van der Waals surface area contributed by atoms with Crippen molar-refractivity contribution in [1.29, 1.82) is 0 Å². The van der Waals surface area contributed by atoms with Gasteiger partial charge in [-0.3, -0.25) is 4.79 Å². The van der Waals surface area contributed by atoms with Gasteiger partial charge in [-0.15, -0.1) is 0 Å². The zero-order valence-corrected chi connectivity index (χ0v) is 13.7. The van der Waals surface area contributed by atoms with E-state index in [9.17, 15) is 13.2 Å². The Morgan fingerprint density at radius 2 is 2.05 bits per heavy atom. The zero-order valence-electron chi connectivity index (χ0n) is 11.3. The van der Waals surface area contributed by atoms with Gasteiger partial charge in [-0.2, -0.15) is 0 Å². The molecule has 3 N–H and O–H groups in total. The Morgan fingerprint density at radius 3 is 2.67 bits per heavy atom. The Morgan fingerprint density at radius 1 is 1.38 bits per heavy atom. The Hall–Kier alpha value is -1.12. The van der Waals surface area contributed by atoms with Crippen molar-refractivity contribution in [3.05, 3.63) is 22.7 Å². The fraction of sp³-hybridized carbons (Fsp3) is 0.462. The Balaban J connectivity index is 2.00. The number of nitrogens with one attached hydrogen (secondary N) is 1. The number of carbonyl (C=O) groups excluding carboxylic acids is 1. The summed E-state index contributed by atoms with van der Waals surface area (Å²) in [6.45, 7) is 0.851. The number of halogens is 1. The van der Waals surface area contributed by atoms with Gasteiger partial charge in [-0.05, 0) is 47.0 Å². The fourth-order valence-corrected chi connectivity index (χ4v) is 4.23. The second kappa shape index (κ2) is 6.76. The molecule has 0 aromatic heterocycles. The van der Waals surface area contributed by atoms with Gasteiger partial charge in [0, 0.05) is 23.4 Å². The van der Waals surface area contributed by atoms with Crippen LogP contribution in [-0.4, -0.2) is 38.5 Å². The molecule has 0 unspecified atom stereocenters. The summed E-state index contributed by atoms with van der Waals surface area (Å²) < 4.78 is 30.1. The molecule has 1 heterocycles. The summed E-state index contributed by atoms with van der Waals surface area (Å²) in [5.41, 5.74) is 6.65. The second-order valence-electron chi connectivity index (χ2n) is 4.91. The molecule has 1 saturated heterocycles. The number of sulfone groups is 1. The van der Waals surface area contributed by atoms with E-state index >= 15 is 0 Å². The molecule has 0 bridgehead atoms. The van der Waals surface area contributed by atoms with Crippen LogP contribution in [0.5, 0.6) is 0 Å². The molecule has 0 aliphatic carbocycles.